The van der Waals surface area contributed by atoms with Gasteiger partial charge in [-0.15, -0.1) is 0 Å². The predicted octanol–water partition coefficient (Wildman–Crippen LogP) is 4.34. The van der Waals surface area contributed by atoms with Crippen LogP contribution in [-0.4, -0.2) is 4.57 Å². The van der Waals surface area contributed by atoms with Gasteiger partial charge in [0.2, 0.25) is 0 Å². The fourth-order valence-electron chi connectivity index (χ4n) is 2.36. The lowest BCUT2D eigenvalue weighted by Crippen LogP contribution is -1.89. The van der Waals surface area contributed by atoms with Crippen LogP contribution < -0.4 is 0 Å². The second kappa shape index (κ2) is 5.22. The van der Waals surface area contributed by atoms with Crippen molar-refractivity contribution in [2.45, 2.75) is 33.1 Å². The first kappa shape index (κ1) is 12.0. The van der Waals surface area contributed by atoms with Crippen LogP contribution in [0.4, 0.5) is 0 Å². The third-order valence-electron chi connectivity index (χ3n) is 3.42. The van der Waals surface area contributed by atoms with Crippen LogP contribution in [0.2, 0.25) is 0 Å². The zero-order chi connectivity index (χ0) is 12.3. The maximum Gasteiger partial charge on any atom is 0.0222 e. The number of hydrogen-bond donors (Lipinski definition) is 0. The first-order chi connectivity index (χ1) is 8.24. The van der Waals surface area contributed by atoms with Crippen LogP contribution in [0.3, 0.4) is 0 Å². The van der Waals surface area contributed by atoms with Gasteiger partial charge in [-0.05, 0) is 30.9 Å². The molecule has 1 aromatic heterocycles. The van der Waals surface area contributed by atoms with E-state index in [1.807, 2.05) is 0 Å². The van der Waals surface area contributed by atoms with Gasteiger partial charge < -0.3 is 4.57 Å². The van der Waals surface area contributed by atoms with Gasteiger partial charge in [0.05, 0.1) is 0 Å². The normalized spacial score (nSPS) is 10.8. The molecule has 17 heavy (non-hydrogen) atoms. The standard InChI is InChI=1S/C16H21N/c1-4-5-9-15-12-17(3)13(2)16(15)14-10-7-6-8-11-14/h6-8,10-12H,4-5,9H2,1-3H3. The van der Waals surface area contributed by atoms with Crippen molar-refractivity contribution in [3.8, 4) is 11.1 Å². The van der Waals surface area contributed by atoms with Crippen LogP contribution in [0.25, 0.3) is 11.1 Å². The maximum atomic E-state index is 2.29. The Morgan fingerprint density at radius 1 is 1.12 bits per heavy atom. The number of benzene rings is 1. The first-order valence-corrected chi connectivity index (χ1v) is 6.44. The lowest BCUT2D eigenvalue weighted by atomic mass is 9.99. The molecule has 0 saturated carbocycles. The molecule has 1 nitrogen and oxygen atoms in total. The van der Waals surface area contributed by atoms with Crippen molar-refractivity contribution in [1.82, 2.24) is 4.57 Å². The highest BCUT2D eigenvalue weighted by Gasteiger charge is 2.11. The average Bonchev–Trinajstić information content (AvgIpc) is 2.64. The Hall–Kier alpha value is -1.50. The number of nitrogens with zero attached hydrogens (tertiary/aromatic N) is 1. The quantitative estimate of drug-likeness (QED) is 0.732. The molecule has 0 bridgehead atoms. The molecule has 2 rings (SSSR count). The van der Waals surface area contributed by atoms with Gasteiger partial charge >= 0.3 is 0 Å². The van der Waals surface area contributed by atoms with Gasteiger partial charge in [-0.2, -0.15) is 0 Å². The van der Waals surface area contributed by atoms with Gasteiger partial charge in [0.15, 0.2) is 0 Å². The lowest BCUT2D eigenvalue weighted by molar-refractivity contribution is 0.791. The van der Waals surface area contributed by atoms with Crippen molar-refractivity contribution in [2.24, 2.45) is 7.05 Å². The van der Waals surface area contributed by atoms with Crippen molar-refractivity contribution in [2.75, 3.05) is 0 Å². The van der Waals surface area contributed by atoms with E-state index in [1.165, 1.54) is 41.6 Å². The Morgan fingerprint density at radius 3 is 2.47 bits per heavy atom. The smallest absolute Gasteiger partial charge is 0.0222 e. The number of aryl methyl sites for hydroxylation is 2. The van der Waals surface area contributed by atoms with E-state index in [-0.39, 0.29) is 0 Å². The predicted molar refractivity (Wildman–Crippen MR) is 74.2 cm³/mol. The maximum absolute atomic E-state index is 2.29. The summed E-state index contributed by atoms with van der Waals surface area (Å²) >= 11 is 0. The molecule has 0 aliphatic carbocycles. The zero-order valence-corrected chi connectivity index (χ0v) is 11.0. The molecule has 0 aliphatic rings. The van der Waals surface area contributed by atoms with E-state index >= 15 is 0 Å². The molecule has 0 atom stereocenters. The van der Waals surface area contributed by atoms with Gasteiger partial charge in [0, 0.05) is 24.5 Å². The topological polar surface area (TPSA) is 4.93 Å². The number of aromatic nitrogens is 1. The van der Waals surface area contributed by atoms with Crippen molar-refractivity contribution in [3.05, 3.63) is 47.8 Å². The van der Waals surface area contributed by atoms with Crippen molar-refractivity contribution >= 4 is 0 Å². The van der Waals surface area contributed by atoms with Gasteiger partial charge in [-0.3, -0.25) is 0 Å². The monoisotopic (exact) mass is 227 g/mol. The lowest BCUT2D eigenvalue weighted by Gasteiger charge is -2.05. The third kappa shape index (κ3) is 2.44. The van der Waals surface area contributed by atoms with Crippen molar-refractivity contribution < 1.29 is 0 Å². The highest BCUT2D eigenvalue weighted by atomic mass is 14.9. The van der Waals surface area contributed by atoms with E-state index in [2.05, 4.69) is 62.0 Å². The molecule has 0 N–H and O–H groups in total. The summed E-state index contributed by atoms with van der Waals surface area (Å²) in [4.78, 5) is 0. The summed E-state index contributed by atoms with van der Waals surface area (Å²) in [5.41, 5.74) is 5.62. The molecule has 1 aromatic carbocycles. The Morgan fingerprint density at radius 2 is 1.82 bits per heavy atom. The highest BCUT2D eigenvalue weighted by molar-refractivity contribution is 5.70. The molecule has 0 saturated heterocycles. The minimum Gasteiger partial charge on any atom is -0.354 e. The Kier molecular flexibility index (Phi) is 3.68. The van der Waals surface area contributed by atoms with E-state index in [9.17, 15) is 0 Å². The Labute approximate surface area is 104 Å². The molecule has 0 fully saturated rings. The van der Waals surface area contributed by atoms with Crippen molar-refractivity contribution in [1.29, 1.82) is 0 Å². The number of unbranched alkanes of at least 4 members (excludes halogenated alkanes) is 1. The summed E-state index contributed by atoms with van der Waals surface area (Å²) < 4.78 is 2.24. The molecular weight excluding hydrogens is 206 g/mol. The zero-order valence-electron chi connectivity index (χ0n) is 11.0. The second-order valence-corrected chi connectivity index (χ2v) is 4.70. The first-order valence-electron chi connectivity index (χ1n) is 6.44. The molecule has 2 aromatic rings. The van der Waals surface area contributed by atoms with E-state index in [1.54, 1.807) is 0 Å². The van der Waals surface area contributed by atoms with E-state index in [4.69, 9.17) is 0 Å². The molecular formula is C16H21N. The Bertz CT molecular complexity index is 480. The van der Waals surface area contributed by atoms with Gasteiger partial charge in [-0.25, -0.2) is 0 Å². The fraction of sp³-hybridized carbons (Fsp3) is 0.375. The minimum atomic E-state index is 1.18. The summed E-state index contributed by atoms with van der Waals surface area (Å²) in [6, 6.07) is 10.7. The Balaban J connectivity index is 2.44. The molecule has 0 spiro atoms. The largest absolute Gasteiger partial charge is 0.354 e. The van der Waals surface area contributed by atoms with Gasteiger partial charge in [0.25, 0.3) is 0 Å². The summed E-state index contributed by atoms with van der Waals surface area (Å²) in [5, 5.41) is 0. The van der Waals surface area contributed by atoms with E-state index in [0.717, 1.165) is 0 Å². The number of rotatable bonds is 4. The second-order valence-electron chi connectivity index (χ2n) is 4.70. The molecule has 90 valence electrons. The highest BCUT2D eigenvalue weighted by Crippen LogP contribution is 2.29. The third-order valence-corrected chi connectivity index (χ3v) is 3.42. The fourth-order valence-corrected chi connectivity index (χ4v) is 2.36. The van der Waals surface area contributed by atoms with Gasteiger partial charge in [0.1, 0.15) is 0 Å². The summed E-state index contributed by atoms with van der Waals surface area (Å²) in [7, 11) is 2.14. The van der Waals surface area contributed by atoms with Crippen LogP contribution in [0.5, 0.6) is 0 Å². The molecule has 1 heterocycles. The van der Waals surface area contributed by atoms with Crippen LogP contribution in [0.15, 0.2) is 36.5 Å². The molecule has 0 radical (unpaired) electrons. The summed E-state index contributed by atoms with van der Waals surface area (Å²) in [6.07, 6.45) is 5.99. The molecule has 1 heteroatoms. The van der Waals surface area contributed by atoms with Crippen LogP contribution in [0, 0.1) is 6.92 Å². The summed E-state index contributed by atoms with van der Waals surface area (Å²) in [6.45, 7) is 4.45. The van der Waals surface area contributed by atoms with Crippen LogP contribution >= 0.6 is 0 Å². The SMILES string of the molecule is CCCCc1cn(C)c(C)c1-c1ccccc1. The van der Waals surface area contributed by atoms with E-state index < -0.39 is 0 Å². The van der Waals surface area contributed by atoms with Crippen LogP contribution in [0.1, 0.15) is 31.0 Å². The molecule has 0 unspecified atom stereocenters. The van der Waals surface area contributed by atoms with Gasteiger partial charge in [-0.1, -0.05) is 43.7 Å². The van der Waals surface area contributed by atoms with E-state index in [0.29, 0.717) is 0 Å². The molecule has 0 amide bonds. The minimum absolute atomic E-state index is 1.18. The van der Waals surface area contributed by atoms with Crippen LogP contribution in [-0.2, 0) is 13.5 Å². The summed E-state index contributed by atoms with van der Waals surface area (Å²) in [5.74, 6) is 0. The average molecular weight is 227 g/mol. The number of hydrogen-bond acceptors (Lipinski definition) is 0. The van der Waals surface area contributed by atoms with Crippen molar-refractivity contribution in [3.63, 3.8) is 0 Å². The molecule has 0 aliphatic heterocycles.